The molecule has 1 aromatic heterocycles. The molecule has 6 aromatic rings. The number of amides is 2. The number of aliphatic hydroxyl groups excluding tert-OH is 1. The molecule has 9 nitrogen and oxygen atoms in total. The topological polar surface area (TPSA) is 115 Å². The molecule has 2 amide bonds. The van der Waals surface area contributed by atoms with Crippen molar-refractivity contribution in [1.29, 1.82) is 0 Å². The molecular weight excluding hydrogens is 693 g/mol. The summed E-state index contributed by atoms with van der Waals surface area (Å²) in [4.78, 5) is 12.8. The average Bonchev–Trinajstić information content (AvgIpc) is 3.62. The molecule has 3 atom stereocenters. The minimum atomic E-state index is -0.563. The molecule has 0 radical (unpaired) electrons. The van der Waals surface area contributed by atoms with Crippen LogP contribution in [0.2, 0.25) is 0 Å². The normalized spacial score (nSPS) is 17.0. The van der Waals surface area contributed by atoms with Crippen molar-refractivity contribution in [3.8, 4) is 22.6 Å². The maximum absolute atomic E-state index is 12.8. The number of benzene rings is 5. The molecule has 0 aliphatic carbocycles. The van der Waals surface area contributed by atoms with Crippen molar-refractivity contribution in [2.45, 2.75) is 49.3 Å². The van der Waals surface area contributed by atoms with Crippen LogP contribution in [0.15, 0.2) is 132 Å². The highest BCUT2D eigenvalue weighted by Gasteiger charge is 2.32. The summed E-state index contributed by atoms with van der Waals surface area (Å²) in [6, 6.07) is 40.6. The third-order valence-electron chi connectivity index (χ3n) is 8.56. The maximum atomic E-state index is 12.8. The van der Waals surface area contributed by atoms with Gasteiger partial charge in [-0.2, -0.15) is 0 Å². The predicted molar refractivity (Wildman–Crippen MR) is 204 cm³/mol. The molecule has 3 N–H and O–H groups in total. The number of hydrogen-bond acceptors (Lipinski definition) is 9. The van der Waals surface area contributed by atoms with E-state index in [1.807, 2.05) is 116 Å². The highest BCUT2D eigenvalue weighted by molar-refractivity contribution is 8.01. The molecule has 1 aliphatic heterocycles. The van der Waals surface area contributed by atoms with Gasteiger partial charge in [-0.3, -0.25) is 0 Å². The van der Waals surface area contributed by atoms with Gasteiger partial charge in [0, 0.05) is 30.0 Å². The van der Waals surface area contributed by atoms with Gasteiger partial charge >= 0.3 is 6.03 Å². The molecule has 11 heteroatoms. The van der Waals surface area contributed by atoms with E-state index >= 15 is 0 Å². The number of rotatable bonds is 12. The second-order valence-electron chi connectivity index (χ2n) is 12.3. The standard InChI is InChI=1S/C41H38N4O5S2/c1-27-44-45-41(52-27)51-26-36-23-38(30-13-11-28(25-46)12-14-30)50-39(49-36)31-17-15-29(16-18-31)37-10-6-5-7-32(37)24-42-40(47)43-33-19-21-35(22-20-33)48-34-8-3-2-4-9-34/h2-22,36,38-39,46H,23-26H2,1H3,(H2,42,43,47)/t36-,38+,39+/m1/s1. The molecule has 0 bridgehead atoms. The van der Waals surface area contributed by atoms with Crippen LogP contribution in [0.5, 0.6) is 11.5 Å². The van der Waals surface area contributed by atoms with Gasteiger partial charge in [0.1, 0.15) is 16.5 Å². The Balaban J connectivity index is 0.997. The van der Waals surface area contributed by atoms with E-state index in [1.165, 1.54) is 0 Å². The Bertz CT molecular complexity index is 2060. The van der Waals surface area contributed by atoms with Crippen LogP contribution in [0.4, 0.5) is 10.5 Å². The number of anilines is 1. The molecule has 52 heavy (non-hydrogen) atoms. The number of aromatic nitrogens is 2. The summed E-state index contributed by atoms with van der Waals surface area (Å²) in [5, 5.41) is 24.8. The van der Waals surface area contributed by atoms with Crippen molar-refractivity contribution >= 4 is 34.8 Å². The molecule has 1 fully saturated rings. The fraction of sp³-hybridized carbons (Fsp3) is 0.195. The Morgan fingerprint density at radius 1 is 0.846 bits per heavy atom. The second kappa shape index (κ2) is 17.0. The third kappa shape index (κ3) is 9.24. The molecule has 5 aromatic carbocycles. The third-order valence-corrected chi connectivity index (χ3v) is 10.7. The van der Waals surface area contributed by atoms with Gasteiger partial charge in [0.2, 0.25) is 0 Å². The summed E-state index contributed by atoms with van der Waals surface area (Å²) < 4.78 is 19.8. The molecule has 264 valence electrons. The van der Waals surface area contributed by atoms with Gasteiger partial charge in [0.05, 0.1) is 18.8 Å². The summed E-state index contributed by atoms with van der Waals surface area (Å²) in [5.41, 5.74) is 6.50. The predicted octanol–water partition coefficient (Wildman–Crippen LogP) is 9.46. The van der Waals surface area contributed by atoms with Crippen LogP contribution >= 0.6 is 23.1 Å². The van der Waals surface area contributed by atoms with Gasteiger partial charge in [-0.05, 0) is 71.1 Å². The quantitative estimate of drug-likeness (QED) is 0.107. The number of carbonyl (C=O) groups excluding carboxylic acids is 1. The van der Waals surface area contributed by atoms with Gasteiger partial charge in [-0.15, -0.1) is 10.2 Å². The second-order valence-corrected chi connectivity index (χ2v) is 14.7. The average molecular weight is 731 g/mol. The zero-order chi connectivity index (χ0) is 35.7. The molecule has 2 heterocycles. The van der Waals surface area contributed by atoms with Crippen molar-refractivity contribution in [2.75, 3.05) is 11.1 Å². The zero-order valence-electron chi connectivity index (χ0n) is 28.5. The molecule has 0 unspecified atom stereocenters. The minimum Gasteiger partial charge on any atom is -0.457 e. The summed E-state index contributed by atoms with van der Waals surface area (Å²) in [7, 11) is 0. The first-order chi connectivity index (χ1) is 25.5. The van der Waals surface area contributed by atoms with Crippen molar-refractivity contribution in [1.82, 2.24) is 15.5 Å². The SMILES string of the molecule is Cc1nnc(SC[C@H]2C[C@@H](c3ccc(CO)cc3)O[C@@H](c3ccc(-c4ccccc4CNC(=O)Nc4ccc(Oc5ccccc5)cc4)cc3)O2)s1. The Morgan fingerprint density at radius 3 is 2.29 bits per heavy atom. The van der Waals surface area contributed by atoms with E-state index in [4.69, 9.17) is 14.2 Å². The number of nitrogens with zero attached hydrogens (tertiary/aromatic N) is 2. The van der Waals surface area contributed by atoms with Crippen LogP contribution in [0.3, 0.4) is 0 Å². The summed E-state index contributed by atoms with van der Waals surface area (Å²) >= 11 is 3.23. The van der Waals surface area contributed by atoms with Crippen molar-refractivity contribution in [2.24, 2.45) is 0 Å². The largest absolute Gasteiger partial charge is 0.457 e. The van der Waals surface area contributed by atoms with Crippen LogP contribution in [-0.2, 0) is 22.6 Å². The summed E-state index contributed by atoms with van der Waals surface area (Å²) in [5.74, 6) is 2.16. The Hall–Kier alpha value is -5.04. The number of nitrogens with one attached hydrogen (secondary N) is 2. The lowest BCUT2D eigenvalue weighted by Gasteiger charge is -2.36. The van der Waals surface area contributed by atoms with E-state index in [1.54, 1.807) is 23.1 Å². The lowest BCUT2D eigenvalue weighted by molar-refractivity contribution is -0.245. The summed E-state index contributed by atoms with van der Waals surface area (Å²) in [6.07, 6.45) is -0.119. The zero-order valence-corrected chi connectivity index (χ0v) is 30.1. The highest BCUT2D eigenvalue weighted by atomic mass is 32.2. The lowest BCUT2D eigenvalue weighted by Crippen LogP contribution is -2.31. The molecule has 0 saturated carbocycles. The fourth-order valence-corrected chi connectivity index (χ4v) is 7.74. The number of urea groups is 1. The van der Waals surface area contributed by atoms with E-state index in [2.05, 4.69) is 39.0 Å². The number of aryl methyl sites for hydroxylation is 1. The molecule has 0 spiro atoms. The van der Waals surface area contributed by atoms with Gasteiger partial charge in [-0.1, -0.05) is 114 Å². The molecule has 1 aliphatic rings. The number of hydrogen-bond donors (Lipinski definition) is 3. The number of thioether (sulfide) groups is 1. The monoisotopic (exact) mass is 730 g/mol. The van der Waals surface area contributed by atoms with E-state index < -0.39 is 6.29 Å². The maximum Gasteiger partial charge on any atom is 0.319 e. The number of ether oxygens (including phenoxy) is 3. The molecular formula is C41H38N4O5S2. The van der Waals surface area contributed by atoms with Crippen LogP contribution in [0, 0.1) is 6.92 Å². The summed E-state index contributed by atoms with van der Waals surface area (Å²) in [6.45, 7) is 2.30. The fourth-order valence-electron chi connectivity index (χ4n) is 5.88. The Labute approximate surface area is 311 Å². The van der Waals surface area contributed by atoms with Gasteiger partial charge in [0.25, 0.3) is 0 Å². The van der Waals surface area contributed by atoms with Gasteiger partial charge in [0.15, 0.2) is 10.6 Å². The first kappa shape index (κ1) is 35.4. The Morgan fingerprint density at radius 2 is 1.56 bits per heavy atom. The van der Waals surface area contributed by atoms with E-state index in [0.717, 1.165) is 54.2 Å². The minimum absolute atomic E-state index is 0.00269. The van der Waals surface area contributed by atoms with E-state index in [9.17, 15) is 9.90 Å². The molecule has 1 saturated heterocycles. The highest BCUT2D eigenvalue weighted by Crippen LogP contribution is 2.40. The van der Waals surface area contributed by atoms with Crippen LogP contribution in [0.1, 0.15) is 46.1 Å². The van der Waals surface area contributed by atoms with Crippen LogP contribution < -0.4 is 15.4 Å². The number of aliphatic hydroxyl groups is 1. The van der Waals surface area contributed by atoms with Crippen molar-refractivity contribution in [3.63, 3.8) is 0 Å². The lowest BCUT2D eigenvalue weighted by atomic mass is 9.98. The first-order valence-electron chi connectivity index (χ1n) is 17.0. The van der Waals surface area contributed by atoms with Crippen LogP contribution in [0.25, 0.3) is 11.1 Å². The van der Waals surface area contributed by atoms with Gasteiger partial charge < -0.3 is 30.0 Å². The van der Waals surface area contributed by atoms with Gasteiger partial charge in [-0.25, -0.2) is 4.79 Å². The molecule has 7 rings (SSSR count). The number of carbonyl (C=O) groups is 1. The van der Waals surface area contributed by atoms with Crippen LogP contribution in [-0.4, -0.2) is 33.2 Å². The first-order valence-corrected chi connectivity index (χ1v) is 18.8. The van der Waals surface area contributed by atoms with Crippen molar-refractivity contribution in [3.05, 3.63) is 155 Å². The van der Waals surface area contributed by atoms with E-state index in [-0.39, 0.29) is 24.8 Å². The Kier molecular flexibility index (Phi) is 11.6. The van der Waals surface area contributed by atoms with Crippen molar-refractivity contribution < 1.29 is 24.1 Å². The smallest absolute Gasteiger partial charge is 0.319 e. The van der Waals surface area contributed by atoms with E-state index in [0.29, 0.717) is 24.4 Å². The number of para-hydroxylation sites is 1.